The lowest BCUT2D eigenvalue weighted by molar-refractivity contribution is 0.569. The molecule has 0 saturated heterocycles. The largest absolute Gasteiger partial charge is 0.369 e. The molecule has 0 aromatic heterocycles. The van der Waals surface area contributed by atoms with Gasteiger partial charge in [-0.3, -0.25) is 0 Å². The maximum Gasteiger partial charge on any atom is 0.0380 e. The smallest absolute Gasteiger partial charge is 0.0380 e. The molecular formula is C18H29BrN2. The lowest BCUT2D eigenvalue weighted by Gasteiger charge is -2.26. The van der Waals surface area contributed by atoms with Gasteiger partial charge in [0.15, 0.2) is 0 Å². The zero-order chi connectivity index (χ0) is 15.2. The van der Waals surface area contributed by atoms with Crippen LogP contribution in [0.4, 0.5) is 5.69 Å². The number of halogens is 1. The van der Waals surface area contributed by atoms with Crippen LogP contribution in [0.5, 0.6) is 0 Å². The Kier molecular flexibility index (Phi) is 6.56. The van der Waals surface area contributed by atoms with Gasteiger partial charge in [-0.2, -0.15) is 0 Å². The molecule has 1 N–H and O–H groups in total. The molecule has 0 aliphatic heterocycles. The number of hydrogen-bond acceptors (Lipinski definition) is 2. The fourth-order valence-corrected chi connectivity index (χ4v) is 3.46. The van der Waals surface area contributed by atoms with Crippen molar-refractivity contribution in [2.45, 2.75) is 65.0 Å². The normalized spacial score (nSPS) is 16.0. The number of hydrogen-bond donors (Lipinski definition) is 1. The zero-order valence-corrected chi connectivity index (χ0v) is 15.2. The van der Waals surface area contributed by atoms with E-state index in [1.807, 2.05) is 0 Å². The van der Waals surface area contributed by atoms with E-state index in [0.717, 1.165) is 12.6 Å². The van der Waals surface area contributed by atoms with Gasteiger partial charge in [0.1, 0.15) is 0 Å². The third-order valence-corrected chi connectivity index (χ3v) is 4.91. The summed E-state index contributed by atoms with van der Waals surface area (Å²) in [6, 6.07) is 8.09. The summed E-state index contributed by atoms with van der Waals surface area (Å²) in [5.41, 5.74) is 2.74. The summed E-state index contributed by atoms with van der Waals surface area (Å²) < 4.78 is 1.23. The molecule has 21 heavy (non-hydrogen) atoms. The van der Waals surface area contributed by atoms with Crippen molar-refractivity contribution in [3.63, 3.8) is 0 Å². The zero-order valence-electron chi connectivity index (χ0n) is 13.7. The minimum Gasteiger partial charge on any atom is -0.369 e. The molecule has 118 valence electrons. The van der Waals surface area contributed by atoms with E-state index in [9.17, 15) is 0 Å². The maximum atomic E-state index is 3.78. The number of nitrogens with one attached hydrogen (secondary N) is 1. The van der Waals surface area contributed by atoms with E-state index < -0.39 is 0 Å². The molecule has 2 rings (SSSR count). The van der Waals surface area contributed by atoms with Gasteiger partial charge in [-0.25, -0.2) is 0 Å². The first-order valence-corrected chi connectivity index (χ1v) is 9.26. The predicted molar refractivity (Wildman–Crippen MR) is 96.1 cm³/mol. The Morgan fingerprint density at radius 1 is 1.29 bits per heavy atom. The molecule has 1 aromatic rings. The van der Waals surface area contributed by atoms with Crippen LogP contribution in [0.2, 0.25) is 0 Å². The molecule has 1 aliphatic carbocycles. The molecule has 1 aromatic carbocycles. The van der Waals surface area contributed by atoms with E-state index in [1.165, 1.54) is 54.4 Å². The van der Waals surface area contributed by atoms with E-state index in [2.05, 4.69) is 65.1 Å². The van der Waals surface area contributed by atoms with Crippen molar-refractivity contribution in [1.29, 1.82) is 0 Å². The van der Waals surface area contributed by atoms with Gasteiger partial charge in [0, 0.05) is 28.8 Å². The fraction of sp³-hybridized carbons (Fsp3) is 0.667. The Hall–Kier alpha value is -0.540. The molecule has 0 bridgehead atoms. The predicted octanol–water partition coefficient (Wildman–Crippen LogP) is 5.28. The van der Waals surface area contributed by atoms with Crippen LogP contribution in [0.15, 0.2) is 22.7 Å². The van der Waals surface area contributed by atoms with Gasteiger partial charge >= 0.3 is 0 Å². The molecule has 0 amide bonds. The summed E-state index contributed by atoms with van der Waals surface area (Å²) in [4.78, 5) is 2.60. The topological polar surface area (TPSA) is 15.3 Å². The highest BCUT2D eigenvalue weighted by Gasteiger charge is 2.29. The highest BCUT2D eigenvalue weighted by atomic mass is 79.9. The number of unbranched alkanes of at least 4 members (excludes halogenated alkanes) is 1. The minimum atomic E-state index is 0.401. The van der Waals surface area contributed by atoms with E-state index in [0.29, 0.717) is 6.04 Å². The molecule has 2 nitrogen and oxygen atoms in total. The second kappa shape index (κ2) is 8.19. The monoisotopic (exact) mass is 352 g/mol. The summed E-state index contributed by atoms with van der Waals surface area (Å²) in [6.45, 7) is 8.98. The number of benzene rings is 1. The van der Waals surface area contributed by atoms with Crippen LogP contribution in [0.25, 0.3) is 0 Å². The van der Waals surface area contributed by atoms with Crippen LogP contribution < -0.4 is 10.2 Å². The Labute approximate surface area is 138 Å². The van der Waals surface area contributed by atoms with E-state index in [-0.39, 0.29) is 0 Å². The molecule has 1 atom stereocenters. The van der Waals surface area contributed by atoms with Crippen molar-refractivity contribution in [3.8, 4) is 0 Å². The Morgan fingerprint density at radius 3 is 2.62 bits per heavy atom. The standard InChI is InChI=1S/C18H29BrN2/c1-4-6-12-21(15-7-8-15)16-9-10-17(18(19)13-16)14(3)20-11-5-2/h9-10,13-15,20H,4-8,11-12H2,1-3H3. The van der Waals surface area contributed by atoms with Gasteiger partial charge in [-0.1, -0.05) is 42.3 Å². The Morgan fingerprint density at radius 2 is 2.05 bits per heavy atom. The van der Waals surface area contributed by atoms with E-state index in [4.69, 9.17) is 0 Å². The lowest BCUT2D eigenvalue weighted by atomic mass is 10.1. The number of anilines is 1. The molecule has 0 heterocycles. The molecule has 0 radical (unpaired) electrons. The van der Waals surface area contributed by atoms with Crippen molar-refractivity contribution in [3.05, 3.63) is 28.2 Å². The van der Waals surface area contributed by atoms with Crippen molar-refractivity contribution in [2.75, 3.05) is 18.0 Å². The molecule has 0 spiro atoms. The summed E-state index contributed by atoms with van der Waals surface area (Å²) in [6.07, 6.45) is 6.44. The van der Waals surface area contributed by atoms with Crippen LogP contribution >= 0.6 is 15.9 Å². The average molecular weight is 353 g/mol. The summed E-state index contributed by atoms with van der Waals surface area (Å²) in [7, 11) is 0. The van der Waals surface area contributed by atoms with Gasteiger partial charge < -0.3 is 10.2 Å². The SMILES string of the molecule is CCCCN(c1ccc(C(C)NCCC)c(Br)c1)C1CC1. The molecular weight excluding hydrogens is 324 g/mol. The molecule has 1 fully saturated rings. The van der Waals surface area contributed by atoms with Crippen molar-refractivity contribution in [2.24, 2.45) is 0 Å². The summed E-state index contributed by atoms with van der Waals surface area (Å²) >= 11 is 3.78. The third kappa shape index (κ3) is 4.72. The maximum absolute atomic E-state index is 3.78. The minimum absolute atomic E-state index is 0.401. The van der Waals surface area contributed by atoms with Crippen LogP contribution in [-0.2, 0) is 0 Å². The first kappa shape index (κ1) is 16.8. The van der Waals surface area contributed by atoms with E-state index >= 15 is 0 Å². The number of nitrogens with zero attached hydrogens (tertiary/aromatic N) is 1. The van der Waals surface area contributed by atoms with Gasteiger partial charge in [0.05, 0.1) is 0 Å². The Balaban J connectivity index is 2.09. The second-order valence-corrected chi connectivity index (χ2v) is 7.01. The van der Waals surface area contributed by atoms with E-state index in [1.54, 1.807) is 0 Å². The van der Waals surface area contributed by atoms with Crippen molar-refractivity contribution in [1.82, 2.24) is 5.32 Å². The highest BCUT2D eigenvalue weighted by Crippen LogP contribution is 2.35. The van der Waals surface area contributed by atoms with Crippen LogP contribution in [0.3, 0.4) is 0 Å². The van der Waals surface area contributed by atoms with Gasteiger partial charge in [-0.05, 0) is 56.8 Å². The first-order valence-electron chi connectivity index (χ1n) is 8.46. The first-order chi connectivity index (χ1) is 10.2. The van der Waals surface area contributed by atoms with Gasteiger partial charge in [0.2, 0.25) is 0 Å². The third-order valence-electron chi connectivity index (χ3n) is 4.22. The lowest BCUT2D eigenvalue weighted by Crippen LogP contribution is -2.27. The highest BCUT2D eigenvalue weighted by molar-refractivity contribution is 9.10. The van der Waals surface area contributed by atoms with Gasteiger partial charge in [0.25, 0.3) is 0 Å². The Bertz CT molecular complexity index is 443. The van der Waals surface area contributed by atoms with Crippen LogP contribution in [0.1, 0.15) is 64.5 Å². The summed E-state index contributed by atoms with van der Waals surface area (Å²) in [5.74, 6) is 0. The van der Waals surface area contributed by atoms with Crippen LogP contribution in [0, 0.1) is 0 Å². The number of rotatable bonds is 9. The molecule has 3 heteroatoms. The van der Waals surface area contributed by atoms with Crippen molar-refractivity contribution >= 4 is 21.6 Å². The second-order valence-electron chi connectivity index (χ2n) is 6.16. The molecule has 1 saturated carbocycles. The van der Waals surface area contributed by atoms with Crippen molar-refractivity contribution < 1.29 is 0 Å². The quantitative estimate of drug-likeness (QED) is 0.650. The molecule has 1 aliphatic rings. The van der Waals surface area contributed by atoms with Crippen LogP contribution in [-0.4, -0.2) is 19.1 Å². The van der Waals surface area contributed by atoms with Gasteiger partial charge in [-0.15, -0.1) is 0 Å². The fourth-order valence-electron chi connectivity index (χ4n) is 2.75. The summed E-state index contributed by atoms with van der Waals surface area (Å²) in [5, 5.41) is 3.56. The molecule has 1 unspecified atom stereocenters. The average Bonchev–Trinajstić information content (AvgIpc) is 3.30.